The number of anilines is 2. The van der Waals surface area contributed by atoms with Gasteiger partial charge in [0, 0.05) is 17.3 Å². The fraction of sp³-hybridized carbons (Fsp3) is 0.154. The van der Waals surface area contributed by atoms with Crippen molar-refractivity contribution in [2.75, 3.05) is 23.0 Å². The topological polar surface area (TPSA) is 49.9 Å². The van der Waals surface area contributed by atoms with Gasteiger partial charge in [0.15, 0.2) is 0 Å². The Hall–Kier alpha value is -3.57. The smallest absolute Gasteiger partial charge is 0.282 e. The van der Waals surface area contributed by atoms with Crippen LogP contribution in [-0.4, -0.2) is 25.0 Å². The second kappa shape index (κ2) is 9.28. The van der Waals surface area contributed by atoms with E-state index in [4.69, 9.17) is 16.3 Å². The van der Waals surface area contributed by atoms with Crippen LogP contribution in [0.1, 0.15) is 19.4 Å². The highest BCUT2D eigenvalue weighted by atomic mass is 35.5. The van der Waals surface area contributed by atoms with E-state index in [9.17, 15) is 9.59 Å². The van der Waals surface area contributed by atoms with Crippen LogP contribution in [0, 0.1) is 0 Å². The molecule has 1 aliphatic rings. The van der Waals surface area contributed by atoms with Gasteiger partial charge in [-0.05, 0) is 67.9 Å². The molecule has 0 fully saturated rings. The van der Waals surface area contributed by atoms with Gasteiger partial charge in [-0.15, -0.1) is 0 Å². The molecule has 0 aromatic heterocycles. The molecular formula is C26H23ClN2O3. The first-order valence-electron chi connectivity index (χ1n) is 10.5. The number of carbonyl (C=O) groups excluding carboxylic acids is 2. The second-order valence-electron chi connectivity index (χ2n) is 7.18. The van der Waals surface area contributed by atoms with Gasteiger partial charge in [0.25, 0.3) is 11.8 Å². The highest BCUT2D eigenvalue weighted by Gasteiger charge is 2.42. The van der Waals surface area contributed by atoms with Gasteiger partial charge in [0.2, 0.25) is 0 Å². The van der Waals surface area contributed by atoms with Gasteiger partial charge >= 0.3 is 0 Å². The molecule has 0 spiro atoms. The van der Waals surface area contributed by atoms with Crippen molar-refractivity contribution in [1.29, 1.82) is 0 Å². The maximum atomic E-state index is 13.7. The fourth-order valence-corrected chi connectivity index (χ4v) is 3.94. The van der Waals surface area contributed by atoms with E-state index in [0.29, 0.717) is 46.4 Å². The molecule has 0 bridgehead atoms. The van der Waals surface area contributed by atoms with Gasteiger partial charge < -0.3 is 9.64 Å². The number of imide groups is 1. The lowest BCUT2D eigenvalue weighted by Crippen LogP contribution is -2.35. The summed E-state index contributed by atoms with van der Waals surface area (Å²) in [5, 5.41) is 0.534. The van der Waals surface area contributed by atoms with E-state index in [0.717, 1.165) is 5.69 Å². The Morgan fingerprint density at radius 2 is 1.50 bits per heavy atom. The zero-order chi connectivity index (χ0) is 22.7. The zero-order valence-electron chi connectivity index (χ0n) is 17.9. The van der Waals surface area contributed by atoms with Crippen molar-refractivity contribution < 1.29 is 14.3 Å². The van der Waals surface area contributed by atoms with Crippen molar-refractivity contribution in [3.63, 3.8) is 0 Å². The second-order valence-corrected chi connectivity index (χ2v) is 7.62. The van der Waals surface area contributed by atoms with Crippen molar-refractivity contribution in [3.05, 3.63) is 95.1 Å². The molecule has 0 aliphatic carbocycles. The lowest BCUT2D eigenvalue weighted by molar-refractivity contribution is -0.120. The largest absolute Gasteiger partial charge is 0.494 e. The summed E-state index contributed by atoms with van der Waals surface area (Å²) in [5.74, 6) is -0.0297. The van der Waals surface area contributed by atoms with E-state index >= 15 is 0 Å². The maximum absolute atomic E-state index is 13.7. The standard InChI is InChI=1S/C26H23ClN2O3/c1-3-28(20-8-6-5-7-9-20)24-23(18-10-16-22(17-11-18)32-4-2)25(30)29(26(24)31)21-14-12-19(27)13-15-21/h5-17H,3-4H2,1-2H3. The normalized spacial score (nSPS) is 13.7. The van der Waals surface area contributed by atoms with Crippen LogP contribution in [0.2, 0.25) is 5.02 Å². The molecule has 1 aliphatic heterocycles. The molecule has 0 N–H and O–H groups in total. The number of benzene rings is 3. The van der Waals surface area contributed by atoms with Crippen molar-refractivity contribution in [1.82, 2.24) is 0 Å². The van der Waals surface area contributed by atoms with Crippen molar-refractivity contribution in [2.45, 2.75) is 13.8 Å². The molecule has 1 heterocycles. The Morgan fingerprint density at radius 1 is 0.844 bits per heavy atom. The van der Waals surface area contributed by atoms with Gasteiger partial charge in [0.05, 0.1) is 17.9 Å². The number of amides is 2. The molecule has 162 valence electrons. The molecule has 0 radical (unpaired) electrons. The van der Waals surface area contributed by atoms with Crippen LogP contribution in [0.3, 0.4) is 0 Å². The van der Waals surface area contributed by atoms with Crippen LogP contribution in [0.5, 0.6) is 5.75 Å². The number of ether oxygens (including phenoxy) is 1. The summed E-state index contributed by atoms with van der Waals surface area (Å²) < 4.78 is 5.54. The number of nitrogens with zero attached hydrogens (tertiary/aromatic N) is 2. The Kier molecular flexibility index (Phi) is 6.28. The molecule has 2 amide bonds. The third-order valence-corrected chi connectivity index (χ3v) is 5.50. The minimum absolute atomic E-state index is 0.350. The summed E-state index contributed by atoms with van der Waals surface area (Å²) in [6.07, 6.45) is 0. The van der Waals surface area contributed by atoms with Gasteiger partial charge in [-0.1, -0.05) is 41.9 Å². The predicted octanol–water partition coefficient (Wildman–Crippen LogP) is 5.55. The fourth-order valence-electron chi connectivity index (χ4n) is 3.82. The molecule has 0 unspecified atom stereocenters. The molecule has 32 heavy (non-hydrogen) atoms. The monoisotopic (exact) mass is 446 g/mol. The average molecular weight is 447 g/mol. The number of hydrogen-bond acceptors (Lipinski definition) is 4. The highest BCUT2D eigenvalue weighted by Crippen LogP contribution is 2.37. The number of rotatable bonds is 7. The van der Waals surface area contributed by atoms with Gasteiger partial charge in [-0.25, -0.2) is 4.90 Å². The summed E-state index contributed by atoms with van der Waals surface area (Å²) in [6.45, 7) is 4.94. The van der Waals surface area contributed by atoms with Crippen LogP contribution < -0.4 is 14.5 Å². The first-order valence-corrected chi connectivity index (χ1v) is 10.9. The Morgan fingerprint density at radius 3 is 2.09 bits per heavy atom. The van der Waals surface area contributed by atoms with Crippen LogP contribution in [-0.2, 0) is 9.59 Å². The van der Waals surface area contributed by atoms with E-state index in [1.165, 1.54) is 4.90 Å². The summed E-state index contributed by atoms with van der Waals surface area (Å²) in [6, 6.07) is 23.5. The van der Waals surface area contributed by atoms with Crippen LogP contribution in [0.25, 0.3) is 5.57 Å². The number of carbonyl (C=O) groups is 2. The molecule has 0 saturated heterocycles. The summed E-state index contributed by atoms with van der Waals surface area (Å²) in [7, 11) is 0. The van der Waals surface area contributed by atoms with Crippen LogP contribution in [0.15, 0.2) is 84.6 Å². The molecule has 4 rings (SSSR count). The summed E-state index contributed by atoms with van der Waals surface area (Å²) in [5.41, 5.74) is 2.69. The molecule has 5 nitrogen and oxygen atoms in total. The number of hydrogen-bond donors (Lipinski definition) is 0. The molecular weight excluding hydrogens is 424 g/mol. The molecule has 0 saturated carbocycles. The number of halogens is 1. The maximum Gasteiger partial charge on any atom is 0.282 e. The number of likely N-dealkylation sites (N-methyl/N-ethyl adjacent to an activating group) is 1. The van der Waals surface area contributed by atoms with Gasteiger partial charge in [-0.2, -0.15) is 0 Å². The quantitative estimate of drug-likeness (QED) is 0.446. The SMILES string of the molecule is CCOc1ccc(C2=C(N(CC)c3ccccc3)C(=O)N(c3ccc(Cl)cc3)C2=O)cc1. The lowest BCUT2D eigenvalue weighted by atomic mass is 10.0. The van der Waals surface area contributed by atoms with E-state index < -0.39 is 0 Å². The Bertz CT molecular complexity index is 1160. The summed E-state index contributed by atoms with van der Waals surface area (Å²) in [4.78, 5) is 30.4. The van der Waals surface area contributed by atoms with Crippen molar-refractivity contribution >= 4 is 40.4 Å². The zero-order valence-corrected chi connectivity index (χ0v) is 18.7. The van der Waals surface area contributed by atoms with E-state index in [1.54, 1.807) is 24.3 Å². The average Bonchev–Trinajstić information content (AvgIpc) is 3.07. The van der Waals surface area contributed by atoms with Crippen LogP contribution in [0.4, 0.5) is 11.4 Å². The Balaban J connectivity index is 1.86. The molecule has 3 aromatic carbocycles. The number of para-hydroxylation sites is 1. The van der Waals surface area contributed by atoms with Gasteiger partial charge in [0.1, 0.15) is 11.4 Å². The third kappa shape index (κ3) is 3.99. The minimum Gasteiger partial charge on any atom is -0.494 e. The first-order chi connectivity index (χ1) is 15.5. The lowest BCUT2D eigenvalue weighted by Gasteiger charge is -2.25. The van der Waals surface area contributed by atoms with E-state index in [2.05, 4.69) is 0 Å². The molecule has 3 aromatic rings. The van der Waals surface area contributed by atoms with E-state index in [1.807, 2.05) is 73.3 Å². The van der Waals surface area contributed by atoms with E-state index in [-0.39, 0.29) is 11.8 Å². The highest BCUT2D eigenvalue weighted by molar-refractivity contribution is 6.46. The van der Waals surface area contributed by atoms with Crippen molar-refractivity contribution in [3.8, 4) is 5.75 Å². The molecule has 6 heteroatoms. The Labute approximate surface area is 192 Å². The predicted molar refractivity (Wildman–Crippen MR) is 128 cm³/mol. The first kappa shape index (κ1) is 21.7. The van der Waals surface area contributed by atoms with Crippen LogP contribution >= 0.6 is 11.6 Å². The van der Waals surface area contributed by atoms with Gasteiger partial charge in [-0.3, -0.25) is 9.59 Å². The van der Waals surface area contributed by atoms with Crippen molar-refractivity contribution in [2.24, 2.45) is 0 Å². The summed E-state index contributed by atoms with van der Waals surface area (Å²) >= 11 is 6.02. The minimum atomic E-state index is -0.370. The molecule has 0 atom stereocenters. The third-order valence-electron chi connectivity index (χ3n) is 5.25.